The molecule has 0 nitrogen and oxygen atoms in total. The van der Waals surface area contributed by atoms with Crippen molar-refractivity contribution >= 4 is 38.4 Å². The molecule has 0 spiro atoms. The second-order valence-electron chi connectivity index (χ2n) is 10.2. The molecule has 1 aliphatic rings. The van der Waals surface area contributed by atoms with Crippen LogP contribution in [0.1, 0.15) is 22.6 Å². The van der Waals surface area contributed by atoms with E-state index in [-0.39, 0.29) is 5.92 Å². The third-order valence-corrected chi connectivity index (χ3v) is 15.7. The van der Waals surface area contributed by atoms with Crippen LogP contribution in [0.2, 0.25) is 0 Å². The quantitative estimate of drug-likeness (QED) is 0.194. The first-order chi connectivity index (χ1) is 19.2. The van der Waals surface area contributed by atoms with E-state index in [4.69, 9.17) is 11.2 Å². The molecule has 39 heavy (non-hydrogen) atoms. The van der Waals surface area contributed by atoms with Crippen LogP contribution in [0.4, 0.5) is 0 Å². The number of halogens is 1. The first-order valence-electron chi connectivity index (χ1n) is 13.4. The van der Waals surface area contributed by atoms with Crippen molar-refractivity contribution in [1.82, 2.24) is 0 Å². The number of fused-ring (bicyclic) bond motifs is 3. The molecule has 2 heteroatoms. The van der Waals surface area contributed by atoms with Gasteiger partial charge in [-0.3, -0.25) is 0 Å². The number of hydrogen-bond acceptors (Lipinski definition) is 0. The van der Waals surface area contributed by atoms with Crippen LogP contribution in [-0.4, -0.2) is 0 Å². The molecular weight excluding hydrogens is 511 g/mol. The number of benzene rings is 6. The zero-order valence-electron chi connectivity index (χ0n) is 21.5. The Morgan fingerprint density at radius 2 is 0.692 bits per heavy atom. The van der Waals surface area contributed by atoms with Gasteiger partial charge in [-0.2, -0.15) is 0 Å². The Morgan fingerprint density at radius 3 is 1.13 bits per heavy atom. The van der Waals surface area contributed by atoms with Gasteiger partial charge in [0.2, 0.25) is 0 Å². The number of rotatable bonds is 5. The molecule has 1 aliphatic carbocycles. The Morgan fingerprint density at radius 1 is 0.359 bits per heavy atom. The molecule has 188 valence electrons. The van der Waals surface area contributed by atoms with Gasteiger partial charge >= 0.3 is 236 Å². The molecule has 0 atom stereocenters. The predicted octanol–water partition coefficient (Wildman–Crippen LogP) is 8.16. The molecule has 0 aliphatic heterocycles. The average Bonchev–Trinajstić information content (AvgIpc) is 3.36. The molecule has 7 rings (SSSR count). The fourth-order valence-corrected chi connectivity index (χ4v) is 13.0. The SMILES string of the molecule is ClP(c1ccccc1)(c1ccccc1)(c1ccccc1)c1ccccc1C1c2ccccc2-c2ccccc21. The van der Waals surface area contributed by atoms with Gasteiger partial charge < -0.3 is 0 Å². The van der Waals surface area contributed by atoms with Crippen molar-refractivity contribution in [1.29, 1.82) is 0 Å². The summed E-state index contributed by atoms with van der Waals surface area (Å²) >= 11 is 8.67. The Hall–Kier alpha value is -3.96. The molecule has 0 aromatic heterocycles. The van der Waals surface area contributed by atoms with E-state index in [0.29, 0.717) is 0 Å². The maximum atomic E-state index is 8.67. The van der Waals surface area contributed by atoms with Crippen molar-refractivity contribution in [2.45, 2.75) is 5.92 Å². The second-order valence-corrected chi connectivity index (χ2v) is 16.3. The molecule has 0 fully saturated rings. The van der Waals surface area contributed by atoms with Gasteiger partial charge in [-0.15, -0.1) is 0 Å². The maximum absolute atomic E-state index is 8.67. The molecule has 0 unspecified atom stereocenters. The monoisotopic (exact) mass is 538 g/mol. The molecule has 0 amide bonds. The van der Waals surface area contributed by atoms with Crippen LogP contribution in [0.3, 0.4) is 0 Å². The van der Waals surface area contributed by atoms with E-state index in [2.05, 4.69) is 164 Å². The summed E-state index contributed by atoms with van der Waals surface area (Å²) < 4.78 is 0. The van der Waals surface area contributed by atoms with E-state index >= 15 is 0 Å². The van der Waals surface area contributed by atoms with Crippen LogP contribution in [-0.2, 0) is 0 Å². The zero-order chi connectivity index (χ0) is 26.3. The summed E-state index contributed by atoms with van der Waals surface area (Å²) in [5.41, 5.74) is 6.55. The Labute approximate surface area is 235 Å². The normalized spacial score (nSPS) is 13.7. The van der Waals surface area contributed by atoms with Gasteiger partial charge in [0.25, 0.3) is 0 Å². The van der Waals surface area contributed by atoms with Crippen molar-refractivity contribution in [2.75, 3.05) is 0 Å². The van der Waals surface area contributed by atoms with E-state index in [1.807, 2.05) is 0 Å². The molecular formula is C37H28ClP. The summed E-state index contributed by atoms with van der Waals surface area (Å²) in [6, 6.07) is 58.9. The molecule has 6 aromatic rings. The van der Waals surface area contributed by atoms with Crippen molar-refractivity contribution in [2.24, 2.45) is 0 Å². The van der Waals surface area contributed by atoms with Gasteiger partial charge in [-0.05, 0) is 0 Å². The van der Waals surface area contributed by atoms with Crippen LogP contribution >= 0.6 is 17.2 Å². The van der Waals surface area contributed by atoms with E-state index in [1.54, 1.807) is 0 Å². The summed E-state index contributed by atoms with van der Waals surface area (Å²) in [5.74, 6) is -3.63. The van der Waals surface area contributed by atoms with E-state index in [1.165, 1.54) is 33.1 Å². The van der Waals surface area contributed by atoms with Crippen LogP contribution < -0.4 is 21.2 Å². The standard InChI is InChI=1S/C37H28ClP/c38-39(28-16-4-1-5-17-28,29-18-6-2-7-19-29,30-20-8-3-9-21-30)36-27-15-14-26-35(36)37-33-24-12-10-22-31(33)32-23-11-13-25-34(32)37/h1-27,37H. The fraction of sp³-hybridized carbons (Fsp3) is 0.0270. The molecule has 0 saturated carbocycles. The summed E-state index contributed by atoms with van der Waals surface area (Å²) in [6.45, 7) is 0. The van der Waals surface area contributed by atoms with Gasteiger partial charge in [0.05, 0.1) is 0 Å². The van der Waals surface area contributed by atoms with E-state index in [9.17, 15) is 0 Å². The van der Waals surface area contributed by atoms with Crippen LogP contribution in [0.25, 0.3) is 11.1 Å². The van der Waals surface area contributed by atoms with Crippen LogP contribution in [0.15, 0.2) is 164 Å². The van der Waals surface area contributed by atoms with Gasteiger partial charge in [0.15, 0.2) is 0 Å². The molecule has 0 saturated heterocycles. The first-order valence-corrected chi connectivity index (χ1v) is 16.5. The summed E-state index contributed by atoms with van der Waals surface area (Å²) in [6.07, 6.45) is 0. The topological polar surface area (TPSA) is 0 Å². The zero-order valence-corrected chi connectivity index (χ0v) is 23.1. The minimum atomic E-state index is -3.72. The molecule has 0 bridgehead atoms. The van der Waals surface area contributed by atoms with Gasteiger partial charge in [-0.25, -0.2) is 0 Å². The minimum absolute atomic E-state index is 0.0880. The van der Waals surface area contributed by atoms with E-state index in [0.717, 1.165) is 15.9 Å². The Balaban J connectivity index is 1.65. The molecule has 0 N–H and O–H groups in total. The summed E-state index contributed by atoms with van der Waals surface area (Å²) in [4.78, 5) is 0. The first kappa shape index (κ1) is 24.1. The molecule has 0 radical (unpaired) electrons. The molecule has 0 heterocycles. The predicted molar refractivity (Wildman–Crippen MR) is 170 cm³/mol. The van der Waals surface area contributed by atoms with Gasteiger partial charge in [-0.1, -0.05) is 0 Å². The van der Waals surface area contributed by atoms with Crippen molar-refractivity contribution in [3.8, 4) is 11.1 Å². The summed E-state index contributed by atoms with van der Waals surface area (Å²) in [5, 5.41) is 4.64. The fourth-order valence-electron chi connectivity index (χ4n) is 6.59. The second kappa shape index (κ2) is 9.35. The Kier molecular flexibility index (Phi) is 5.78. The third kappa shape index (κ3) is 3.42. The molecule has 6 aromatic carbocycles. The van der Waals surface area contributed by atoms with Crippen molar-refractivity contribution in [3.05, 3.63) is 180 Å². The Bertz CT molecular complexity index is 1630. The van der Waals surface area contributed by atoms with Crippen LogP contribution in [0, 0.1) is 0 Å². The van der Waals surface area contributed by atoms with Crippen molar-refractivity contribution < 1.29 is 0 Å². The number of hydrogen-bond donors (Lipinski definition) is 0. The van der Waals surface area contributed by atoms with Crippen molar-refractivity contribution in [3.63, 3.8) is 0 Å². The van der Waals surface area contributed by atoms with Gasteiger partial charge in [0, 0.05) is 0 Å². The third-order valence-electron chi connectivity index (χ3n) is 8.26. The summed E-state index contributed by atoms with van der Waals surface area (Å²) in [7, 11) is 0. The van der Waals surface area contributed by atoms with E-state index < -0.39 is 5.96 Å². The van der Waals surface area contributed by atoms with Gasteiger partial charge in [0.1, 0.15) is 0 Å². The average molecular weight is 539 g/mol. The van der Waals surface area contributed by atoms with Crippen LogP contribution in [0.5, 0.6) is 0 Å².